The van der Waals surface area contributed by atoms with Crippen LogP contribution < -0.4 is 16.6 Å². The molecular formula is C16H16N4O5. The lowest BCUT2D eigenvalue weighted by Gasteiger charge is -2.12. The highest BCUT2D eigenvalue weighted by molar-refractivity contribution is 5.94. The van der Waals surface area contributed by atoms with Gasteiger partial charge >= 0.3 is 0 Å². The maximum atomic E-state index is 12.2. The lowest BCUT2D eigenvalue weighted by atomic mass is 10.1. The zero-order valence-corrected chi connectivity index (χ0v) is 13.6. The van der Waals surface area contributed by atoms with Crippen molar-refractivity contribution in [2.24, 2.45) is 5.73 Å². The number of hydrogen-bond donors (Lipinski definition) is 2. The van der Waals surface area contributed by atoms with Crippen LogP contribution in [0, 0.1) is 24.0 Å². The van der Waals surface area contributed by atoms with Crippen molar-refractivity contribution in [1.82, 2.24) is 4.57 Å². The number of aromatic nitrogens is 1. The second kappa shape index (κ2) is 6.95. The molecule has 0 aliphatic heterocycles. The molecule has 1 aromatic carbocycles. The monoisotopic (exact) mass is 344 g/mol. The van der Waals surface area contributed by atoms with Gasteiger partial charge in [-0.2, -0.15) is 0 Å². The molecule has 0 radical (unpaired) electrons. The van der Waals surface area contributed by atoms with E-state index in [2.05, 4.69) is 5.32 Å². The van der Waals surface area contributed by atoms with Gasteiger partial charge in [0.25, 0.3) is 17.2 Å². The molecule has 1 heterocycles. The molecule has 130 valence electrons. The van der Waals surface area contributed by atoms with E-state index in [1.807, 2.05) is 32.0 Å². The Morgan fingerprint density at radius 1 is 1.28 bits per heavy atom. The van der Waals surface area contributed by atoms with Crippen molar-refractivity contribution < 1.29 is 14.5 Å². The molecule has 2 aromatic rings. The third-order valence-corrected chi connectivity index (χ3v) is 3.61. The molecule has 9 heteroatoms. The first-order valence-corrected chi connectivity index (χ1v) is 7.25. The van der Waals surface area contributed by atoms with Gasteiger partial charge in [0.1, 0.15) is 12.1 Å². The number of carbonyl (C=O) groups is 2. The smallest absolute Gasteiger partial charge is 0.286 e. The number of amides is 2. The summed E-state index contributed by atoms with van der Waals surface area (Å²) in [6, 6.07) is 6.26. The van der Waals surface area contributed by atoms with Crippen LogP contribution in [-0.4, -0.2) is 21.3 Å². The van der Waals surface area contributed by atoms with Crippen molar-refractivity contribution in [3.63, 3.8) is 0 Å². The fraction of sp³-hybridized carbons (Fsp3) is 0.188. The molecule has 3 N–H and O–H groups in total. The second-order valence-electron chi connectivity index (χ2n) is 5.48. The summed E-state index contributed by atoms with van der Waals surface area (Å²) in [6.45, 7) is 3.13. The van der Waals surface area contributed by atoms with E-state index < -0.39 is 40.1 Å². The topological polar surface area (TPSA) is 137 Å². The van der Waals surface area contributed by atoms with Crippen molar-refractivity contribution in [2.75, 3.05) is 5.32 Å². The van der Waals surface area contributed by atoms with Gasteiger partial charge in [-0.1, -0.05) is 18.2 Å². The third kappa shape index (κ3) is 3.89. The Bertz CT molecular complexity index is 912. The summed E-state index contributed by atoms with van der Waals surface area (Å²) in [5.74, 6) is -1.66. The molecule has 0 saturated carbocycles. The summed E-state index contributed by atoms with van der Waals surface area (Å²) in [5.41, 5.74) is 5.41. The van der Waals surface area contributed by atoms with Gasteiger partial charge in [0, 0.05) is 11.8 Å². The predicted octanol–water partition coefficient (Wildman–Crippen LogP) is 1.11. The van der Waals surface area contributed by atoms with Gasteiger partial charge in [-0.25, -0.2) is 0 Å². The fourth-order valence-electron chi connectivity index (χ4n) is 2.36. The number of nitrogens with one attached hydrogen (secondary N) is 1. The van der Waals surface area contributed by atoms with Crippen LogP contribution in [0.1, 0.15) is 21.5 Å². The summed E-state index contributed by atoms with van der Waals surface area (Å²) in [7, 11) is 0. The van der Waals surface area contributed by atoms with Crippen molar-refractivity contribution in [1.29, 1.82) is 0 Å². The Morgan fingerprint density at radius 3 is 2.40 bits per heavy atom. The van der Waals surface area contributed by atoms with Crippen LogP contribution in [0.4, 0.5) is 11.4 Å². The molecule has 0 aliphatic rings. The number of pyridine rings is 1. The number of rotatable bonds is 5. The quantitative estimate of drug-likeness (QED) is 0.618. The maximum Gasteiger partial charge on any atom is 0.286 e. The summed E-state index contributed by atoms with van der Waals surface area (Å²) in [5, 5.41) is 13.6. The van der Waals surface area contributed by atoms with Crippen molar-refractivity contribution in [2.45, 2.75) is 20.4 Å². The number of nitro groups is 1. The maximum absolute atomic E-state index is 12.2. The summed E-state index contributed by atoms with van der Waals surface area (Å²) in [4.78, 5) is 45.9. The minimum Gasteiger partial charge on any atom is -0.365 e. The van der Waals surface area contributed by atoms with E-state index >= 15 is 0 Å². The average Bonchev–Trinajstić information content (AvgIpc) is 2.52. The van der Waals surface area contributed by atoms with E-state index in [1.165, 1.54) is 0 Å². The molecule has 0 saturated heterocycles. The van der Waals surface area contributed by atoms with E-state index in [4.69, 9.17) is 5.73 Å². The van der Waals surface area contributed by atoms with Crippen molar-refractivity contribution >= 4 is 23.2 Å². The molecule has 0 spiro atoms. The fourth-order valence-corrected chi connectivity index (χ4v) is 2.36. The number of para-hydroxylation sites is 1. The number of aryl methyl sites for hydroxylation is 2. The number of hydrogen-bond acceptors (Lipinski definition) is 5. The normalized spacial score (nSPS) is 10.3. The molecule has 9 nitrogen and oxygen atoms in total. The highest BCUT2D eigenvalue weighted by Gasteiger charge is 2.19. The van der Waals surface area contributed by atoms with E-state index in [1.54, 1.807) is 0 Å². The molecule has 1 aromatic heterocycles. The number of primary amides is 1. The number of anilines is 1. The standard InChI is InChI=1S/C16H16N4O5/c1-9-4-3-5-10(2)14(9)18-13(21)8-19-7-11(20(24)25)6-12(15(17)22)16(19)23/h3-7H,8H2,1-2H3,(H2,17,22)(H,18,21). The van der Waals surface area contributed by atoms with E-state index in [9.17, 15) is 24.5 Å². The summed E-state index contributed by atoms with van der Waals surface area (Å²) < 4.78 is 0.793. The van der Waals surface area contributed by atoms with Gasteiger partial charge in [0.15, 0.2) is 0 Å². The first-order valence-electron chi connectivity index (χ1n) is 7.25. The van der Waals surface area contributed by atoms with Crippen LogP contribution in [0.15, 0.2) is 35.3 Å². The number of benzene rings is 1. The van der Waals surface area contributed by atoms with Gasteiger partial charge in [0.05, 0.1) is 11.1 Å². The van der Waals surface area contributed by atoms with Crippen molar-refractivity contribution in [3.8, 4) is 0 Å². The molecule has 2 rings (SSSR count). The SMILES string of the molecule is Cc1cccc(C)c1NC(=O)Cn1cc([N+](=O)[O-])cc(C(N)=O)c1=O. The zero-order chi connectivity index (χ0) is 18.7. The van der Waals surface area contributed by atoms with Crippen LogP contribution in [0.25, 0.3) is 0 Å². The van der Waals surface area contributed by atoms with Crippen molar-refractivity contribution in [3.05, 3.63) is 67.6 Å². The molecule has 0 bridgehead atoms. The molecule has 0 atom stereocenters. The Balaban J connectivity index is 2.36. The second-order valence-corrected chi connectivity index (χ2v) is 5.48. The molecule has 0 unspecified atom stereocenters. The van der Waals surface area contributed by atoms with E-state index in [0.29, 0.717) is 5.69 Å². The summed E-state index contributed by atoms with van der Waals surface area (Å²) in [6.07, 6.45) is 0.902. The number of nitrogens with zero attached hydrogens (tertiary/aromatic N) is 2. The first kappa shape index (κ1) is 17.9. The third-order valence-electron chi connectivity index (χ3n) is 3.61. The Kier molecular flexibility index (Phi) is 4.97. The molecule has 0 aliphatic carbocycles. The minimum atomic E-state index is -1.10. The van der Waals surface area contributed by atoms with Crippen LogP contribution in [0.2, 0.25) is 0 Å². The number of carbonyl (C=O) groups excluding carboxylic acids is 2. The summed E-state index contributed by atoms with van der Waals surface area (Å²) >= 11 is 0. The lowest BCUT2D eigenvalue weighted by molar-refractivity contribution is -0.385. The molecule has 0 fully saturated rings. The largest absolute Gasteiger partial charge is 0.365 e. The Labute approximate surface area is 142 Å². The Morgan fingerprint density at radius 2 is 1.88 bits per heavy atom. The van der Waals surface area contributed by atoms with Gasteiger partial charge < -0.3 is 11.1 Å². The molecular weight excluding hydrogens is 328 g/mol. The molecule has 25 heavy (non-hydrogen) atoms. The van der Waals surface area contributed by atoms with Crippen LogP contribution >= 0.6 is 0 Å². The van der Waals surface area contributed by atoms with E-state index in [0.717, 1.165) is 28.0 Å². The van der Waals surface area contributed by atoms with Gasteiger partial charge in [0.2, 0.25) is 5.91 Å². The van der Waals surface area contributed by atoms with Gasteiger partial charge in [-0.15, -0.1) is 0 Å². The predicted molar refractivity (Wildman–Crippen MR) is 90.4 cm³/mol. The highest BCUT2D eigenvalue weighted by atomic mass is 16.6. The lowest BCUT2D eigenvalue weighted by Crippen LogP contribution is -2.33. The number of nitrogens with two attached hydrogens (primary N) is 1. The van der Waals surface area contributed by atoms with Crippen LogP contribution in [0.5, 0.6) is 0 Å². The Hall–Kier alpha value is -3.49. The van der Waals surface area contributed by atoms with Gasteiger partial charge in [-0.3, -0.25) is 29.1 Å². The average molecular weight is 344 g/mol. The van der Waals surface area contributed by atoms with E-state index in [-0.39, 0.29) is 0 Å². The van der Waals surface area contributed by atoms with Crippen LogP contribution in [-0.2, 0) is 11.3 Å². The first-order chi connectivity index (χ1) is 11.7. The highest BCUT2D eigenvalue weighted by Crippen LogP contribution is 2.19. The minimum absolute atomic E-state index is 0.492. The zero-order valence-electron chi connectivity index (χ0n) is 13.6. The van der Waals surface area contributed by atoms with Crippen LogP contribution in [0.3, 0.4) is 0 Å². The molecule has 2 amide bonds. The van der Waals surface area contributed by atoms with Gasteiger partial charge in [-0.05, 0) is 25.0 Å².